The zero-order valence-electron chi connectivity index (χ0n) is 27.9. The maximum atomic E-state index is 12.6. The van der Waals surface area contributed by atoms with E-state index >= 15 is 0 Å². The fourth-order valence-electron chi connectivity index (χ4n) is 7.76. The van der Waals surface area contributed by atoms with Crippen LogP contribution in [0.15, 0.2) is 138 Å². The molecule has 0 fully saturated rings. The summed E-state index contributed by atoms with van der Waals surface area (Å²) in [6.07, 6.45) is 0. The van der Waals surface area contributed by atoms with Gasteiger partial charge in [-0.25, -0.2) is 14.8 Å². The van der Waals surface area contributed by atoms with Crippen LogP contribution in [0, 0.1) is 0 Å². The second-order valence-electron chi connectivity index (χ2n) is 13.6. The monoisotopic (exact) mass is 634 g/mol. The number of hydrogen-bond acceptors (Lipinski definition) is 3. The molecule has 2 heterocycles. The molecule has 0 saturated heterocycles. The number of imidazole rings is 1. The summed E-state index contributed by atoms with van der Waals surface area (Å²) in [6, 6.07) is 47.0. The Morgan fingerprint density at radius 1 is 0.531 bits per heavy atom. The molecule has 0 radical (unpaired) electrons. The number of nitrogens with zero attached hydrogens (tertiary/aromatic N) is 4. The summed E-state index contributed by atoms with van der Waals surface area (Å²) < 4.78 is 3.38. The molecular formula is C44H34N4O. The van der Waals surface area contributed by atoms with Crippen molar-refractivity contribution in [1.82, 2.24) is 19.1 Å². The van der Waals surface area contributed by atoms with Crippen LogP contribution in [0.5, 0.6) is 0 Å². The normalized spacial score (nSPS) is 13.1. The first-order valence-electron chi connectivity index (χ1n) is 16.7. The lowest BCUT2D eigenvalue weighted by atomic mass is 9.80. The van der Waals surface area contributed by atoms with E-state index in [1.165, 1.54) is 33.0 Å². The van der Waals surface area contributed by atoms with Gasteiger partial charge in [-0.05, 0) is 74.5 Å². The predicted molar refractivity (Wildman–Crippen MR) is 201 cm³/mol. The molecule has 0 saturated carbocycles. The molecule has 9 rings (SSSR count). The van der Waals surface area contributed by atoms with E-state index in [1.807, 2.05) is 38.4 Å². The van der Waals surface area contributed by atoms with Gasteiger partial charge in [-0.3, -0.25) is 9.13 Å². The topological polar surface area (TPSA) is 52.7 Å². The van der Waals surface area contributed by atoms with Gasteiger partial charge in [0, 0.05) is 36.2 Å². The Kier molecular flexibility index (Phi) is 6.37. The summed E-state index contributed by atoms with van der Waals surface area (Å²) >= 11 is 0. The Hall–Kier alpha value is -6.07. The maximum absolute atomic E-state index is 12.6. The lowest BCUT2D eigenvalue weighted by Crippen LogP contribution is -2.19. The summed E-state index contributed by atoms with van der Waals surface area (Å²) in [4.78, 5) is 22.9. The first-order valence-corrected chi connectivity index (χ1v) is 16.7. The molecule has 2 aromatic heterocycles. The van der Waals surface area contributed by atoms with Crippen LogP contribution in [0.3, 0.4) is 0 Å². The molecule has 8 aromatic rings. The molecular weight excluding hydrogens is 601 g/mol. The van der Waals surface area contributed by atoms with Crippen LogP contribution < -0.4 is 5.69 Å². The minimum absolute atomic E-state index is 0.0324. The Morgan fingerprint density at radius 3 is 1.98 bits per heavy atom. The van der Waals surface area contributed by atoms with Crippen LogP contribution in [0.4, 0.5) is 0 Å². The molecule has 0 N–H and O–H groups in total. The van der Waals surface area contributed by atoms with Gasteiger partial charge in [0.2, 0.25) is 0 Å². The number of aromatic nitrogens is 4. The average Bonchev–Trinajstić information content (AvgIpc) is 3.52. The van der Waals surface area contributed by atoms with Crippen molar-refractivity contribution in [3.63, 3.8) is 0 Å². The third-order valence-electron chi connectivity index (χ3n) is 10.4. The van der Waals surface area contributed by atoms with Gasteiger partial charge in [-0.2, -0.15) is 0 Å². The average molecular weight is 635 g/mol. The molecule has 236 valence electrons. The Morgan fingerprint density at radius 2 is 1.16 bits per heavy atom. The van der Waals surface area contributed by atoms with Crippen LogP contribution in [0.25, 0.3) is 78.0 Å². The van der Waals surface area contributed by atoms with E-state index in [-0.39, 0.29) is 11.1 Å². The second-order valence-corrected chi connectivity index (χ2v) is 13.6. The van der Waals surface area contributed by atoms with E-state index < -0.39 is 0 Å². The van der Waals surface area contributed by atoms with Crippen LogP contribution in [-0.2, 0) is 19.5 Å². The molecule has 5 nitrogen and oxygen atoms in total. The van der Waals surface area contributed by atoms with Crippen molar-refractivity contribution in [2.75, 3.05) is 0 Å². The van der Waals surface area contributed by atoms with Crippen molar-refractivity contribution in [2.24, 2.45) is 14.1 Å². The van der Waals surface area contributed by atoms with Gasteiger partial charge in [0.15, 0.2) is 5.82 Å². The third-order valence-corrected chi connectivity index (χ3v) is 10.4. The summed E-state index contributed by atoms with van der Waals surface area (Å²) in [5.74, 6) is 0.688. The highest BCUT2D eigenvalue weighted by molar-refractivity contribution is 5.98. The van der Waals surface area contributed by atoms with Crippen molar-refractivity contribution in [1.29, 1.82) is 0 Å². The van der Waals surface area contributed by atoms with Gasteiger partial charge in [0.05, 0.1) is 22.4 Å². The molecule has 5 heteroatoms. The van der Waals surface area contributed by atoms with Crippen molar-refractivity contribution < 1.29 is 0 Å². The zero-order valence-corrected chi connectivity index (χ0v) is 27.9. The fourth-order valence-corrected chi connectivity index (χ4v) is 7.76. The number of hydrogen-bond donors (Lipinski definition) is 0. The number of aryl methyl sites for hydroxylation is 2. The lowest BCUT2D eigenvalue weighted by molar-refractivity contribution is 0.666. The number of rotatable bonds is 4. The van der Waals surface area contributed by atoms with E-state index in [2.05, 4.69) is 123 Å². The summed E-state index contributed by atoms with van der Waals surface area (Å²) in [6.45, 7) is 4.68. The molecule has 0 amide bonds. The first kappa shape index (κ1) is 29.1. The van der Waals surface area contributed by atoms with Gasteiger partial charge in [-0.15, -0.1) is 0 Å². The Labute approximate surface area is 284 Å². The second kappa shape index (κ2) is 10.7. The van der Waals surface area contributed by atoms with E-state index in [4.69, 9.17) is 9.97 Å². The van der Waals surface area contributed by atoms with Crippen molar-refractivity contribution in [3.05, 3.63) is 155 Å². The van der Waals surface area contributed by atoms with E-state index in [1.54, 1.807) is 9.13 Å². The van der Waals surface area contributed by atoms with Gasteiger partial charge < -0.3 is 0 Å². The minimum atomic E-state index is -0.169. The van der Waals surface area contributed by atoms with Crippen LogP contribution in [0.1, 0.15) is 25.0 Å². The van der Waals surface area contributed by atoms with Crippen molar-refractivity contribution >= 4 is 21.8 Å². The lowest BCUT2D eigenvalue weighted by Gasteiger charge is -2.23. The summed E-state index contributed by atoms with van der Waals surface area (Å²) in [5, 5.41) is 2.58. The molecule has 1 aliphatic rings. The molecule has 0 atom stereocenters. The zero-order chi connectivity index (χ0) is 33.4. The van der Waals surface area contributed by atoms with E-state index in [9.17, 15) is 4.79 Å². The highest BCUT2D eigenvalue weighted by Gasteiger charge is 2.37. The fraction of sp³-hybridized carbons (Fsp3) is 0.114. The maximum Gasteiger partial charge on any atom is 0.328 e. The predicted octanol–water partition coefficient (Wildman–Crippen LogP) is 9.79. The summed E-state index contributed by atoms with van der Waals surface area (Å²) in [5.41, 5.74) is 13.8. The standard InChI is InChI=1S/C44H34N4O/c1-44(2)36-24-32(18-20-34(36)35-21-17-27-11-8-9-16-33(27)41(35)44)38-26-37(45-42(46-38)28-12-6-5-7-13-28)31-15-10-14-29(23-31)30-19-22-39-40(25-30)48(4)43(49)47(39)3/h5-26H,1-4H3. The Bertz CT molecular complexity index is 2680. The van der Waals surface area contributed by atoms with Crippen molar-refractivity contribution in [3.8, 4) is 56.2 Å². The van der Waals surface area contributed by atoms with Crippen molar-refractivity contribution in [2.45, 2.75) is 19.3 Å². The van der Waals surface area contributed by atoms with Gasteiger partial charge >= 0.3 is 5.69 Å². The quantitative estimate of drug-likeness (QED) is 0.194. The van der Waals surface area contributed by atoms with E-state index in [0.29, 0.717) is 5.82 Å². The first-order chi connectivity index (χ1) is 23.8. The molecule has 6 aromatic carbocycles. The summed E-state index contributed by atoms with van der Waals surface area (Å²) in [7, 11) is 3.63. The van der Waals surface area contributed by atoms with Gasteiger partial charge in [0.25, 0.3) is 0 Å². The smallest absolute Gasteiger partial charge is 0.295 e. The highest BCUT2D eigenvalue weighted by Crippen LogP contribution is 2.52. The minimum Gasteiger partial charge on any atom is -0.295 e. The Balaban J connectivity index is 1.18. The van der Waals surface area contributed by atoms with E-state index in [0.717, 1.165) is 50.2 Å². The SMILES string of the molecule is Cn1c(=O)n(C)c2cc(-c3cccc(-c4cc(-c5ccc6c(c5)C(C)(C)c5c-6ccc6ccccc56)nc(-c5ccccc5)n4)c3)ccc21. The van der Waals surface area contributed by atoms with Gasteiger partial charge in [0.1, 0.15) is 0 Å². The number of benzene rings is 6. The van der Waals surface area contributed by atoms with Crippen LogP contribution in [-0.4, -0.2) is 19.1 Å². The third kappa shape index (κ3) is 4.50. The molecule has 1 aliphatic carbocycles. The molecule has 0 bridgehead atoms. The number of fused-ring (bicyclic) bond motifs is 6. The highest BCUT2D eigenvalue weighted by atomic mass is 16.1. The molecule has 0 aliphatic heterocycles. The molecule has 0 spiro atoms. The molecule has 0 unspecified atom stereocenters. The van der Waals surface area contributed by atoms with Crippen LogP contribution in [0.2, 0.25) is 0 Å². The molecule has 49 heavy (non-hydrogen) atoms. The van der Waals surface area contributed by atoms with Crippen LogP contribution >= 0.6 is 0 Å². The van der Waals surface area contributed by atoms with Gasteiger partial charge in [-0.1, -0.05) is 117 Å². The largest absolute Gasteiger partial charge is 0.328 e.